The summed E-state index contributed by atoms with van der Waals surface area (Å²) in [6, 6.07) is 0. The van der Waals surface area contributed by atoms with Crippen LogP contribution < -0.4 is 0 Å². The number of carbonyl (C=O) groups is 1. The van der Waals surface area contributed by atoms with Crippen LogP contribution in [0, 0.1) is 5.92 Å². The summed E-state index contributed by atoms with van der Waals surface area (Å²) in [5, 5.41) is 0. The van der Waals surface area contributed by atoms with Crippen molar-refractivity contribution in [1.82, 2.24) is 0 Å². The van der Waals surface area contributed by atoms with Crippen LogP contribution in [-0.4, -0.2) is 19.0 Å². The molecule has 0 heterocycles. The largest absolute Gasteiger partial charge is 0.381 e. The van der Waals surface area contributed by atoms with E-state index in [0.717, 1.165) is 13.0 Å². The fraction of sp³-hybridized carbons (Fsp3) is 0.917. The van der Waals surface area contributed by atoms with Gasteiger partial charge < -0.3 is 4.74 Å². The van der Waals surface area contributed by atoms with Gasteiger partial charge in [-0.05, 0) is 12.8 Å². The fourth-order valence-corrected chi connectivity index (χ4v) is 2.15. The second-order valence-electron chi connectivity index (χ2n) is 4.19. The number of carbonyl (C=O) groups excluding carboxylic acids is 1. The standard InChI is InChI=1S/C12H22O2/c1-2-14-9-8-12(13)10-11-6-4-3-5-7-11/h11H,2-10H2,1H3. The number of Topliss-reactive ketones (excluding diaryl/α,β-unsaturated/α-hetero) is 1. The molecule has 0 aliphatic heterocycles. The van der Waals surface area contributed by atoms with Crippen LogP contribution in [0.2, 0.25) is 0 Å². The molecule has 1 rings (SSSR count). The number of ketones is 1. The normalized spacial score (nSPS) is 18.4. The molecule has 1 fully saturated rings. The molecule has 0 atom stereocenters. The number of ether oxygens (including phenoxy) is 1. The van der Waals surface area contributed by atoms with Crippen LogP contribution in [0.25, 0.3) is 0 Å². The van der Waals surface area contributed by atoms with Gasteiger partial charge in [0.2, 0.25) is 0 Å². The smallest absolute Gasteiger partial charge is 0.135 e. The summed E-state index contributed by atoms with van der Waals surface area (Å²) >= 11 is 0. The zero-order valence-electron chi connectivity index (χ0n) is 9.26. The highest BCUT2D eigenvalue weighted by Gasteiger charge is 2.16. The zero-order valence-corrected chi connectivity index (χ0v) is 9.26. The van der Waals surface area contributed by atoms with Gasteiger partial charge in [-0.25, -0.2) is 0 Å². The van der Waals surface area contributed by atoms with Crippen molar-refractivity contribution in [2.75, 3.05) is 13.2 Å². The van der Waals surface area contributed by atoms with Gasteiger partial charge in [-0.2, -0.15) is 0 Å². The Morgan fingerprint density at radius 3 is 2.64 bits per heavy atom. The number of rotatable bonds is 6. The third-order valence-corrected chi connectivity index (χ3v) is 2.97. The van der Waals surface area contributed by atoms with Gasteiger partial charge in [0.05, 0.1) is 6.61 Å². The maximum Gasteiger partial charge on any atom is 0.135 e. The Morgan fingerprint density at radius 2 is 2.00 bits per heavy atom. The molecule has 2 nitrogen and oxygen atoms in total. The van der Waals surface area contributed by atoms with Crippen LogP contribution in [0.5, 0.6) is 0 Å². The monoisotopic (exact) mass is 198 g/mol. The van der Waals surface area contributed by atoms with E-state index in [9.17, 15) is 4.79 Å². The maximum absolute atomic E-state index is 11.5. The van der Waals surface area contributed by atoms with Crippen molar-refractivity contribution in [3.63, 3.8) is 0 Å². The summed E-state index contributed by atoms with van der Waals surface area (Å²) < 4.78 is 5.17. The van der Waals surface area contributed by atoms with Gasteiger partial charge in [-0.1, -0.05) is 32.1 Å². The van der Waals surface area contributed by atoms with Gasteiger partial charge in [0, 0.05) is 19.4 Å². The summed E-state index contributed by atoms with van der Waals surface area (Å²) in [6.07, 6.45) is 7.95. The molecule has 0 bridgehead atoms. The van der Waals surface area contributed by atoms with Gasteiger partial charge in [0.1, 0.15) is 5.78 Å². The lowest BCUT2D eigenvalue weighted by molar-refractivity contribution is -0.121. The van der Waals surface area contributed by atoms with Crippen molar-refractivity contribution < 1.29 is 9.53 Å². The molecular weight excluding hydrogens is 176 g/mol. The van der Waals surface area contributed by atoms with Crippen LogP contribution in [0.3, 0.4) is 0 Å². The first-order valence-electron chi connectivity index (χ1n) is 5.92. The molecule has 0 aromatic heterocycles. The maximum atomic E-state index is 11.5. The van der Waals surface area contributed by atoms with Crippen molar-refractivity contribution in [3.05, 3.63) is 0 Å². The Labute approximate surface area is 87.0 Å². The Morgan fingerprint density at radius 1 is 1.29 bits per heavy atom. The molecule has 1 aliphatic carbocycles. The van der Waals surface area contributed by atoms with Crippen LogP contribution in [0.15, 0.2) is 0 Å². The SMILES string of the molecule is CCOCCC(=O)CC1CCCCC1. The quantitative estimate of drug-likeness (QED) is 0.613. The molecule has 14 heavy (non-hydrogen) atoms. The molecule has 0 aromatic carbocycles. The fourth-order valence-electron chi connectivity index (χ4n) is 2.15. The lowest BCUT2D eigenvalue weighted by atomic mass is 9.85. The first-order chi connectivity index (χ1) is 6.83. The highest BCUT2D eigenvalue weighted by Crippen LogP contribution is 2.26. The molecule has 0 amide bonds. The zero-order chi connectivity index (χ0) is 10.2. The molecule has 0 unspecified atom stereocenters. The summed E-state index contributed by atoms with van der Waals surface area (Å²) in [5.41, 5.74) is 0. The number of hydrogen-bond acceptors (Lipinski definition) is 2. The van der Waals surface area contributed by atoms with Gasteiger partial charge in [0.25, 0.3) is 0 Å². The predicted octanol–water partition coefficient (Wildman–Crippen LogP) is 2.95. The third kappa shape index (κ3) is 4.75. The summed E-state index contributed by atoms with van der Waals surface area (Å²) in [4.78, 5) is 11.5. The average Bonchev–Trinajstić information content (AvgIpc) is 2.20. The Bertz CT molecular complexity index is 160. The van der Waals surface area contributed by atoms with Gasteiger partial charge in [-0.3, -0.25) is 4.79 Å². The second-order valence-corrected chi connectivity index (χ2v) is 4.19. The van der Waals surface area contributed by atoms with Crippen LogP contribution >= 0.6 is 0 Å². The lowest BCUT2D eigenvalue weighted by Gasteiger charge is -2.20. The minimum Gasteiger partial charge on any atom is -0.381 e. The van der Waals surface area contributed by atoms with Crippen molar-refractivity contribution >= 4 is 5.78 Å². The molecular formula is C12H22O2. The molecule has 1 saturated carbocycles. The van der Waals surface area contributed by atoms with Crippen molar-refractivity contribution in [3.8, 4) is 0 Å². The van der Waals surface area contributed by atoms with Crippen LogP contribution in [0.4, 0.5) is 0 Å². The first kappa shape index (κ1) is 11.7. The van der Waals surface area contributed by atoms with Crippen molar-refractivity contribution in [2.45, 2.75) is 51.9 Å². The molecule has 2 heteroatoms. The third-order valence-electron chi connectivity index (χ3n) is 2.97. The molecule has 0 N–H and O–H groups in total. The predicted molar refractivity (Wildman–Crippen MR) is 57.3 cm³/mol. The highest BCUT2D eigenvalue weighted by atomic mass is 16.5. The molecule has 1 aliphatic rings. The van der Waals surface area contributed by atoms with E-state index < -0.39 is 0 Å². The Balaban J connectivity index is 2.06. The van der Waals surface area contributed by atoms with Gasteiger partial charge >= 0.3 is 0 Å². The highest BCUT2D eigenvalue weighted by molar-refractivity contribution is 5.78. The number of hydrogen-bond donors (Lipinski definition) is 0. The molecule has 0 aromatic rings. The minimum atomic E-state index is 0.394. The van der Waals surface area contributed by atoms with Gasteiger partial charge in [0.15, 0.2) is 0 Å². The van der Waals surface area contributed by atoms with E-state index in [1.54, 1.807) is 0 Å². The molecule has 0 spiro atoms. The minimum absolute atomic E-state index is 0.394. The van der Waals surface area contributed by atoms with E-state index in [4.69, 9.17) is 4.74 Å². The second kappa shape index (κ2) is 6.99. The van der Waals surface area contributed by atoms with E-state index in [1.165, 1.54) is 32.1 Å². The van der Waals surface area contributed by atoms with E-state index in [1.807, 2.05) is 6.92 Å². The first-order valence-corrected chi connectivity index (χ1v) is 5.92. The Hall–Kier alpha value is -0.370. The summed E-state index contributed by atoms with van der Waals surface area (Å²) in [5.74, 6) is 1.07. The molecule has 0 saturated heterocycles. The average molecular weight is 198 g/mol. The van der Waals surface area contributed by atoms with Gasteiger partial charge in [-0.15, -0.1) is 0 Å². The van der Waals surface area contributed by atoms with Crippen LogP contribution in [-0.2, 0) is 9.53 Å². The lowest BCUT2D eigenvalue weighted by Crippen LogP contribution is -2.13. The summed E-state index contributed by atoms with van der Waals surface area (Å²) in [6.45, 7) is 3.30. The van der Waals surface area contributed by atoms with E-state index in [2.05, 4.69) is 0 Å². The molecule has 82 valence electrons. The Kier molecular flexibility index (Phi) is 5.85. The van der Waals surface area contributed by atoms with Crippen LogP contribution in [0.1, 0.15) is 51.9 Å². The topological polar surface area (TPSA) is 26.3 Å². The molecule has 0 radical (unpaired) electrons. The van der Waals surface area contributed by atoms with Crippen molar-refractivity contribution in [2.24, 2.45) is 5.92 Å². The van der Waals surface area contributed by atoms with Crippen molar-refractivity contribution in [1.29, 1.82) is 0 Å². The van der Waals surface area contributed by atoms with E-state index >= 15 is 0 Å². The summed E-state index contributed by atoms with van der Waals surface area (Å²) in [7, 11) is 0. The van der Waals surface area contributed by atoms with E-state index in [0.29, 0.717) is 24.7 Å². The van der Waals surface area contributed by atoms with E-state index in [-0.39, 0.29) is 0 Å².